The van der Waals surface area contributed by atoms with Crippen LogP contribution in [0.2, 0.25) is 0 Å². The van der Waals surface area contributed by atoms with Crippen LogP contribution in [0.15, 0.2) is 12.1 Å². The molecule has 7 heteroatoms. The average molecular weight is 399 g/mol. The van der Waals surface area contributed by atoms with Crippen LogP contribution in [0.5, 0.6) is 17.2 Å². The van der Waals surface area contributed by atoms with Gasteiger partial charge in [0.1, 0.15) is 0 Å². The fourth-order valence-electron chi connectivity index (χ4n) is 4.37. The number of fused-ring (bicyclic) bond motifs is 2. The SMILES string of the molecule is COc1ccc(CCNC(=O)CC2CC3CCC(C2)N3)c(OC)c1OC.Cl. The van der Waals surface area contributed by atoms with E-state index in [1.54, 1.807) is 21.3 Å². The van der Waals surface area contributed by atoms with Crippen molar-refractivity contribution in [2.24, 2.45) is 5.92 Å². The highest BCUT2D eigenvalue weighted by molar-refractivity contribution is 5.85. The lowest BCUT2D eigenvalue weighted by Crippen LogP contribution is -2.39. The quantitative estimate of drug-likeness (QED) is 0.704. The molecule has 2 fully saturated rings. The van der Waals surface area contributed by atoms with Gasteiger partial charge in [-0.3, -0.25) is 4.79 Å². The summed E-state index contributed by atoms with van der Waals surface area (Å²) in [6.45, 7) is 0.586. The zero-order chi connectivity index (χ0) is 18.5. The van der Waals surface area contributed by atoms with Crippen molar-refractivity contribution in [2.45, 2.75) is 50.6 Å². The first kappa shape index (κ1) is 21.6. The number of hydrogen-bond donors (Lipinski definition) is 2. The molecule has 1 aromatic rings. The predicted molar refractivity (Wildman–Crippen MR) is 107 cm³/mol. The predicted octanol–water partition coefficient (Wildman–Crippen LogP) is 2.71. The molecule has 0 saturated carbocycles. The molecule has 0 radical (unpaired) electrons. The first-order valence-electron chi connectivity index (χ1n) is 9.45. The fraction of sp³-hybridized carbons (Fsp3) is 0.650. The molecule has 2 aliphatic rings. The monoisotopic (exact) mass is 398 g/mol. The van der Waals surface area contributed by atoms with Gasteiger partial charge in [0.25, 0.3) is 0 Å². The number of hydrogen-bond acceptors (Lipinski definition) is 5. The first-order chi connectivity index (χ1) is 12.6. The molecule has 2 saturated heterocycles. The number of rotatable bonds is 8. The van der Waals surface area contributed by atoms with E-state index in [-0.39, 0.29) is 18.3 Å². The minimum absolute atomic E-state index is 0. The summed E-state index contributed by atoms with van der Waals surface area (Å²) in [7, 11) is 4.81. The van der Waals surface area contributed by atoms with Crippen LogP contribution in [-0.2, 0) is 11.2 Å². The second kappa shape index (κ2) is 10.0. The van der Waals surface area contributed by atoms with Gasteiger partial charge in [-0.05, 0) is 44.1 Å². The minimum Gasteiger partial charge on any atom is -0.493 e. The van der Waals surface area contributed by atoms with Crippen LogP contribution < -0.4 is 24.8 Å². The molecule has 2 atom stereocenters. The molecule has 0 aromatic heterocycles. The number of ether oxygens (including phenoxy) is 3. The zero-order valence-electron chi connectivity index (χ0n) is 16.4. The van der Waals surface area contributed by atoms with Gasteiger partial charge < -0.3 is 24.8 Å². The molecule has 2 bridgehead atoms. The van der Waals surface area contributed by atoms with E-state index < -0.39 is 0 Å². The number of carbonyl (C=O) groups excluding carboxylic acids is 1. The Balaban J connectivity index is 0.00000261. The molecule has 2 heterocycles. The van der Waals surface area contributed by atoms with Crippen LogP contribution in [-0.4, -0.2) is 45.9 Å². The molecular weight excluding hydrogens is 368 g/mol. The molecule has 2 aliphatic heterocycles. The number of carbonyl (C=O) groups is 1. The fourth-order valence-corrected chi connectivity index (χ4v) is 4.37. The van der Waals surface area contributed by atoms with Crippen molar-refractivity contribution in [3.05, 3.63) is 17.7 Å². The summed E-state index contributed by atoms with van der Waals surface area (Å²) in [6, 6.07) is 5.07. The van der Waals surface area contributed by atoms with E-state index >= 15 is 0 Å². The van der Waals surface area contributed by atoms with Crippen LogP contribution in [0.4, 0.5) is 0 Å². The molecular formula is C20H31ClN2O4. The Bertz CT molecular complexity index is 629. The van der Waals surface area contributed by atoms with Gasteiger partial charge in [0.2, 0.25) is 11.7 Å². The summed E-state index contributed by atoms with van der Waals surface area (Å²) < 4.78 is 16.2. The van der Waals surface area contributed by atoms with E-state index in [4.69, 9.17) is 14.2 Å². The van der Waals surface area contributed by atoms with Crippen molar-refractivity contribution in [3.63, 3.8) is 0 Å². The van der Waals surface area contributed by atoms with E-state index in [9.17, 15) is 4.79 Å². The van der Waals surface area contributed by atoms with E-state index in [1.807, 2.05) is 12.1 Å². The molecule has 3 rings (SSSR count). The third-order valence-electron chi connectivity index (χ3n) is 5.55. The Morgan fingerprint density at radius 3 is 2.33 bits per heavy atom. The number of nitrogens with one attached hydrogen (secondary N) is 2. The maximum Gasteiger partial charge on any atom is 0.220 e. The third kappa shape index (κ3) is 5.20. The molecule has 152 valence electrons. The summed E-state index contributed by atoms with van der Waals surface area (Å²) in [4.78, 5) is 12.3. The Hall–Kier alpha value is -1.66. The summed E-state index contributed by atoms with van der Waals surface area (Å²) in [5, 5.41) is 6.68. The van der Waals surface area contributed by atoms with Crippen molar-refractivity contribution in [3.8, 4) is 17.2 Å². The summed E-state index contributed by atoms with van der Waals surface area (Å²) >= 11 is 0. The van der Waals surface area contributed by atoms with Gasteiger partial charge in [0.15, 0.2) is 11.5 Å². The Labute approximate surface area is 167 Å². The van der Waals surface area contributed by atoms with Crippen molar-refractivity contribution in [2.75, 3.05) is 27.9 Å². The minimum atomic E-state index is 0. The summed E-state index contributed by atoms with van der Waals surface area (Å²) in [5.41, 5.74) is 0.991. The van der Waals surface area contributed by atoms with Gasteiger partial charge in [-0.25, -0.2) is 0 Å². The van der Waals surface area contributed by atoms with Crippen LogP contribution in [0.1, 0.15) is 37.7 Å². The van der Waals surface area contributed by atoms with Gasteiger partial charge in [-0.2, -0.15) is 0 Å². The lowest BCUT2D eigenvalue weighted by molar-refractivity contribution is -0.122. The number of amides is 1. The highest BCUT2D eigenvalue weighted by Crippen LogP contribution is 2.39. The largest absolute Gasteiger partial charge is 0.493 e. The van der Waals surface area contributed by atoms with Crippen molar-refractivity contribution in [1.82, 2.24) is 10.6 Å². The van der Waals surface area contributed by atoms with Crippen LogP contribution >= 0.6 is 12.4 Å². The summed E-state index contributed by atoms with van der Waals surface area (Å²) in [5.74, 6) is 2.55. The van der Waals surface area contributed by atoms with Crippen LogP contribution in [0, 0.1) is 5.92 Å². The van der Waals surface area contributed by atoms with Crippen molar-refractivity contribution < 1.29 is 19.0 Å². The molecule has 27 heavy (non-hydrogen) atoms. The van der Waals surface area contributed by atoms with E-state index in [1.165, 1.54) is 12.8 Å². The van der Waals surface area contributed by atoms with Gasteiger partial charge >= 0.3 is 0 Å². The Kier molecular flexibility index (Phi) is 8.05. The first-order valence-corrected chi connectivity index (χ1v) is 9.45. The number of halogens is 1. The molecule has 2 unspecified atom stereocenters. The molecule has 2 N–H and O–H groups in total. The lowest BCUT2D eigenvalue weighted by Gasteiger charge is -2.28. The number of piperidine rings is 1. The van der Waals surface area contributed by atoms with E-state index in [0.29, 0.717) is 54.6 Å². The molecule has 1 aromatic carbocycles. The highest BCUT2D eigenvalue weighted by Gasteiger charge is 2.34. The van der Waals surface area contributed by atoms with Gasteiger partial charge in [0, 0.05) is 30.6 Å². The van der Waals surface area contributed by atoms with Gasteiger partial charge in [-0.1, -0.05) is 6.07 Å². The summed E-state index contributed by atoms with van der Waals surface area (Å²) in [6.07, 6.45) is 6.12. The van der Waals surface area contributed by atoms with E-state index in [0.717, 1.165) is 18.4 Å². The normalized spacial score (nSPS) is 23.3. The smallest absolute Gasteiger partial charge is 0.220 e. The highest BCUT2D eigenvalue weighted by atomic mass is 35.5. The molecule has 0 aliphatic carbocycles. The zero-order valence-corrected chi connectivity index (χ0v) is 17.2. The lowest BCUT2D eigenvalue weighted by atomic mass is 9.89. The molecule has 0 spiro atoms. The molecule has 1 amide bonds. The topological polar surface area (TPSA) is 68.8 Å². The maximum atomic E-state index is 12.3. The second-order valence-electron chi connectivity index (χ2n) is 7.27. The average Bonchev–Trinajstić information content (AvgIpc) is 2.99. The number of methoxy groups -OCH3 is 3. The number of benzene rings is 1. The maximum absolute atomic E-state index is 12.3. The second-order valence-corrected chi connectivity index (χ2v) is 7.27. The standard InChI is InChI=1S/C20H30N2O4.ClH/c1-24-17-7-4-14(19(25-2)20(17)26-3)8-9-21-18(23)12-13-10-15-5-6-16(11-13)22-15;/h4,7,13,15-16,22H,5-6,8-12H2,1-3H3,(H,21,23);1H. The molecule has 6 nitrogen and oxygen atoms in total. The van der Waals surface area contributed by atoms with Gasteiger partial charge in [-0.15, -0.1) is 12.4 Å². The van der Waals surface area contributed by atoms with Gasteiger partial charge in [0.05, 0.1) is 21.3 Å². The Morgan fingerprint density at radius 2 is 1.74 bits per heavy atom. The van der Waals surface area contributed by atoms with Crippen molar-refractivity contribution >= 4 is 18.3 Å². The van der Waals surface area contributed by atoms with E-state index in [2.05, 4.69) is 10.6 Å². The van der Waals surface area contributed by atoms with Crippen LogP contribution in [0.25, 0.3) is 0 Å². The van der Waals surface area contributed by atoms with Crippen molar-refractivity contribution in [1.29, 1.82) is 0 Å². The third-order valence-corrected chi connectivity index (χ3v) is 5.55. The Morgan fingerprint density at radius 1 is 1.07 bits per heavy atom. The van der Waals surface area contributed by atoms with Crippen LogP contribution in [0.3, 0.4) is 0 Å².